The molecule has 2 rings (SSSR count). The first-order valence-corrected chi connectivity index (χ1v) is 6.59. The summed E-state index contributed by atoms with van der Waals surface area (Å²) in [7, 11) is 1.64. The van der Waals surface area contributed by atoms with E-state index in [1.807, 2.05) is 0 Å². The Morgan fingerprint density at radius 3 is 3.10 bits per heavy atom. The van der Waals surface area contributed by atoms with Crippen LogP contribution in [0.4, 0.5) is 4.39 Å². The lowest BCUT2D eigenvalue weighted by atomic mass is 10.2. The van der Waals surface area contributed by atoms with Gasteiger partial charge in [-0.05, 0) is 6.07 Å². The van der Waals surface area contributed by atoms with Crippen LogP contribution in [0.25, 0.3) is 0 Å². The summed E-state index contributed by atoms with van der Waals surface area (Å²) in [5.41, 5.74) is 0.487. The van der Waals surface area contributed by atoms with Crippen LogP contribution in [-0.4, -0.2) is 35.0 Å². The van der Waals surface area contributed by atoms with E-state index in [2.05, 4.69) is 15.4 Å². The molecule has 0 saturated carbocycles. The van der Waals surface area contributed by atoms with Crippen LogP contribution in [-0.2, 0) is 17.8 Å². The SMILES string of the molecule is COCCNCc1ncnn1Cc1cccc(Cl)c1F. The van der Waals surface area contributed by atoms with Crippen LogP contribution in [0.15, 0.2) is 24.5 Å². The normalized spacial score (nSPS) is 10.9. The molecule has 20 heavy (non-hydrogen) atoms. The molecule has 0 atom stereocenters. The summed E-state index contributed by atoms with van der Waals surface area (Å²) >= 11 is 5.77. The van der Waals surface area contributed by atoms with Gasteiger partial charge in [-0.25, -0.2) is 14.1 Å². The van der Waals surface area contributed by atoms with Crippen LogP contribution < -0.4 is 5.32 Å². The number of nitrogens with one attached hydrogen (secondary N) is 1. The van der Waals surface area contributed by atoms with Crippen LogP contribution >= 0.6 is 11.6 Å². The third kappa shape index (κ3) is 3.75. The van der Waals surface area contributed by atoms with Crippen LogP contribution in [0.1, 0.15) is 11.4 Å². The molecule has 2 aromatic rings. The van der Waals surface area contributed by atoms with E-state index in [9.17, 15) is 4.39 Å². The van der Waals surface area contributed by atoms with Gasteiger partial charge in [-0.15, -0.1) is 0 Å². The average molecular weight is 299 g/mol. The summed E-state index contributed by atoms with van der Waals surface area (Å²) in [6, 6.07) is 4.92. The molecule has 1 aromatic carbocycles. The summed E-state index contributed by atoms with van der Waals surface area (Å²) in [6.45, 7) is 2.19. The molecule has 1 heterocycles. The lowest BCUT2D eigenvalue weighted by molar-refractivity contribution is 0.198. The molecule has 0 bridgehead atoms. The first-order valence-electron chi connectivity index (χ1n) is 6.21. The molecule has 5 nitrogen and oxygen atoms in total. The van der Waals surface area contributed by atoms with Gasteiger partial charge in [0.05, 0.1) is 24.7 Å². The molecule has 0 fully saturated rings. The van der Waals surface area contributed by atoms with Crippen molar-refractivity contribution in [3.63, 3.8) is 0 Å². The second kappa shape index (κ2) is 7.33. The van der Waals surface area contributed by atoms with Gasteiger partial charge in [0, 0.05) is 19.2 Å². The van der Waals surface area contributed by atoms with Gasteiger partial charge in [0.25, 0.3) is 0 Å². The summed E-state index contributed by atoms with van der Waals surface area (Å²) in [5.74, 6) is 0.323. The number of ether oxygens (including phenoxy) is 1. The first-order chi connectivity index (χ1) is 9.72. The third-order valence-corrected chi connectivity index (χ3v) is 3.11. The van der Waals surface area contributed by atoms with Crippen molar-refractivity contribution >= 4 is 11.6 Å². The fraction of sp³-hybridized carbons (Fsp3) is 0.385. The molecule has 0 aliphatic rings. The fourth-order valence-corrected chi connectivity index (χ4v) is 1.96. The molecule has 1 N–H and O–H groups in total. The maximum atomic E-state index is 13.9. The highest BCUT2D eigenvalue weighted by atomic mass is 35.5. The molecule has 0 unspecified atom stereocenters. The van der Waals surface area contributed by atoms with Crippen LogP contribution in [0.3, 0.4) is 0 Å². The van der Waals surface area contributed by atoms with E-state index in [0.717, 1.165) is 12.4 Å². The van der Waals surface area contributed by atoms with Crippen molar-refractivity contribution in [2.45, 2.75) is 13.1 Å². The minimum absolute atomic E-state index is 0.113. The van der Waals surface area contributed by atoms with Crippen LogP contribution in [0.5, 0.6) is 0 Å². The summed E-state index contributed by atoms with van der Waals surface area (Å²) < 4.78 is 20.4. The lowest BCUT2D eigenvalue weighted by Crippen LogP contribution is -2.21. The van der Waals surface area contributed by atoms with Gasteiger partial charge in [-0.3, -0.25) is 0 Å². The minimum Gasteiger partial charge on any atom is -0.383 e. The Labute approximate surface area is 121 Å². The summed E-state index contributed by atoms with van der Waals surface area (Å²) in [5, 5.41) is 7.39. The van der Waals surface area contributed by atoms with E-state index >= 15 is 0 Å². The van der Waals surface area contributed by atoms with E-state index < -0.39 is 5.82 Å². The zero-order valence-corrected chi connectivity index (χ0v) is 11.9. The van der Waals surface area contributed by atoms with Crippen molar-refractivity contribution in [2.75, 3.05) is 20.3 Å². The summed E-state index contributed by atoms with van der Waals surface area (Å²) in [4.78, 5) is 4.16. The van der Waals surface area contributed by atoms with Crippen molar-refractivity contribution in [1.29, 1.82) is 0 Å². The molecule has 0 aliphatic heterocycles. The highest BCUT2D eigenvalue weighted by molar-refractivity contribution is 6.30. The van der Waals surface area contributed by atoms with Gasteiger partial charge in [-0.2, -0.15) is 5.10 Å². The van der Waals surface area contributed by atoms with E-state index in [0.29, 0.717) is 25.3 Å². The number of benzene rings is 1. The van der Waals surface area contributed by atoms with E-state index in [-0.39, 0.29) is 5.02 Å². The Kier molecular flexibility index (Phi) is 5.46. The fourth-order valence-electron chi connectivity index (χ4n) is 1.76. The molecule has 108 valence electrons. The van der Waals surface area contributed by atoms with Gasteiger partial charge < -0.3 is 10.1 Å². The third-order valence-electron chi connectivity index (χ3n) is 2.81. The maximum Gasteiger partial charge on any atom is 0.146 e. The molecule has 0 saturated heterocycles. The number of nitrogens with zero attached hydrogens (tertiary/aromatic N) is 3. The first kappa shape index (κ1) is 14.9. The Morgan fingerprint density at radius 2 is 2.30 bits per heavy atom. The second-order valence-electron chi connectivity index (χ2n) is 4.22. The Balaban J connectivity index is 2.03. The number of aromatic nitrogens is 3. The van der Waals surface area contributed by atoms with Crippen LogP contribution in [0, 0.1) is 5.82 Å². The number of methoxy groups -OCH3 is 1. The van der Waals surface area contributed by atoms with E-state index in [4.69, 9.17) is 16.3 Å². The summed E-state index contributed by atoms with van der Waals surface area (Å²) in [6.07, 6.45) is 1.45. The van der Waals surface area contributed by atoms with Crippen molar-refractivity contribution < 1.29 is 9.13 Å². The Bertz CT molecular complexity index is 561. The zero-order chi connectivity index (χ0) is 14.4. The van der Waals surface area contributed by atoms with Gasteiger partial charge in [0.1, 0.15) is 18.0 Å². The highest BCUT2D eigenvalue weighted by Crippen LogP contribution is 2.18. The molecule has 0 spiro atoms. The quantitative estimate of drug-likeness (QED) is 0.793. The predicted octanol–water partition coefficient (Wildman–Crippen LogP) is 1.85. The van der Waals surface area contributed by atoms with Crippen molar-refractivity contribution in [2.24, 2.45) is 0 Å². The molecule has 7 heteroatoms. The number of hydrogen-bond donors (Lipinski definition) is 1. The molecular weight excluding hydrogens is 283 g/mol. The van der Waals surface area contributed by atoms with Gasteiger partial charge in [0.2, 0.25) is 0 Å². The molecule has 0 aliphatic carbocycles. The van der Waals surface area contributed by atoms with E-state index in [1.54, 1.807) is 23.9 Å². The topological polar surface area (TPSA) is 52.0 Å². The lowest BCUT2D eigenvalue weighted by Gasteiger charge is -2.08. The molecular formula is C13H16ClFN4O. The molecule has 1 aromatic heterocycles. The smallest absolute Gasteiger partial charge is 0.146 e. The van der Waals surface area contributed by atoms with Crippen molar-refractivity contribution in [3.8, 4) is 0 Å². The van der Waals surface area contributed by atoms with Crippen LogP contribution in [0.2, 0.25) is 5.02 Å². The van der Waals surface area contributed by atoms with Gasteiger partial charge in [0.15, 0.2) is 0 Å². The van der Waals surface area contributed by atoms with Crippen molar-refractivity contribution in [1.82, 2.24) is 20.1 Å². The Morgan fingerprint density at radius 1 is 1.45 bits per heavy atom. The largest absolute Gasteiger partial charge is 0.383 e. The minimum atomic E-state index is -0.414. The van der Waals surface area contributed by atoms with Gasteiger partial charge in [-0.1, -0.05) is 23.7 Å². The van der Waals surface area contributed by atoms with Gasteiger partial charge >= 0.3 is 0 Å². The molecule has 0 amide bonds. The number of rotatable bonds is 7. The highest BCUT2D eigenvalue weighted by Gasteiger charge is 2.10. The standard InChI is InChI=1S/C13H16ClFN4O/c1-20-6-5-16-7-12-17-9-18-19(12)8-10-3-2-4-11(14)13(10)15/h2-4,9,16H,5-8H2,1H3. The predicted molar refractivity (Wildman–Crippen MR) is 74.1 cm³/mol. The second-order valence-corrected chi connectivity index (χ2v) is 4.62. The number of hydrogen-bond acceptors (Lipinski definition) is 4. The molecule has 0 radical (unpaired) electrons. The maximum absolute atomic E-state index is 13.9. The Hall–Kier alpha value is -1.50. The van der Waals surface area contributed by atoms with E-state index in [1.165, 1.54) is 12.4 Å². The van der Waals surface area contributed by atoms with Crippen molar-refractivity contribution in [3.05, 3.63) is 46.8 Å². The monoisotopic (exact) mass is 298 g/mol. The number of halogens is 2. The average Bonchev–Trinajstić information content (AvgIpc) is 2.87. The zero-order valence-electron chi connectivity index (χ0n) is 11.1.